The number of nitrogens with one attached hydrogen (secondary N) is 1. The highest BCUT2D eigenvalue weighted by Crippen LogP contribution is 2.36. The van der Waals surface area contributed by atoms with Crippen LogP contribution in [-0.2, 0) is 0 Å². The van der Waals surface area contributed by atoms with Gasteiger partial charge in [-0.2, -0.15) is 0 Å². The summed E-state index contributed by atoms with van der Waals surface area (Å²) in [5.41, 5.74) is 2.05. The van der Waals surface area contributed by atoms with Crippen molar-refractivity contribution in [3.8, 4) is 17.0 Å². The SMILES string of the molecule is CC[C@@]1(CNC(=O)c2c(O)c(-c3ccccc3)nc3ccccc23)C=CC=CC1. The number of aromatic nitrogens is 1. The maximum atomic E-state index is 13.2. The third-order valence-electron chi connectivity index (χ3n) is 5.67. The van der Waals surface area contributed by atoms with E-state index in [1.807, 2.05) is 66.7 Å². The van der Waals surface area contributed by atoms with Crippen molar-refractivity contribution >= 4 is 16.8 Å². The molecule has 146 valence electrons. The number of hydrogen-bond acceptors (Lipinski definition) is 3. The summed E-state index contributed by atoms with van der Waals surface area (Å²) in [5, 5.41) is 14.7. The molecule has 4 nitrogen and oxygen atoms in total. The van der Waals surface area contributed by atoms with Crippen molar-refractivity contribution in [3.05, 3.63) is 84.5 Å². The second kappa shape index (κ2) is 7.92. The number of pyridine rings is 1. The molecule has 0 aliphatic heterocycles. The molecular formula is C25H24N2O2. The monoisotopic (exact) mass is 384 g/mol. The molecule has 0 bridgehead atoms. The van der Waals surface area contributed by atoms with Crippen LogP contribution >= 0.6 is 0 Å². The number of allylic oxidation sites excluding steroid dienone is 3. The fraction of sp³-hybridized carbons (Fsp3) is 0.200. The average molecular weight is 384 g/mol. The number of nitrogens with zero attached hydrogens (tertiary/aromatic N) is 1. The Balaban J connectivity index is 1.74. The molecule has 29 heavy (non-hydrogen) atoms. The number of benzene rings is 2. The van der Waals surface area contributed by atoms with Crippen LogP contribution in [0.15, 0.2) is 78.9 Å². The zero-order valence-corrected chi connectivity index (χ0v) is 16.4. The molecule has 0 fully saturated rings. The van der Waals surface area contributed by atoms with E-state index in [-0.39, 0.29) is 22.6 Å². The molecule has 1 aromatic heterocycles. The Morgan fingerprint density at radius 1 is 1.10 bits per heavy atom. The van der Waals surface area contributed by atoms with Crippen LogP contribution in [0.1, 0.15) is 30.1 Å². The van der Waals surface area contributed by atoms with Crippen LogP contribution in [0.3, 0.4) is 0 Å². The minimum atomic E-state index is -0.283. The maximum absolute atomic E-state index is 13.2. The van der Waals surface area contributed by atoms with E-state index in [1.54, 1.807) is 0 Å². The number of aromatic hydroxyl groups is 1. The number of carbonyl (C=O) groups is 1. The van der Waals surface area contributed by atoms with Crippen LogP contribution in [0.4, 0.5) is 0 Å². The van der Waals surface area contributed by atoms with Gasteiger partial charge in [0.15, 0.2) is 5.75 Å². The number of carbonyl (C=O) groups excluding carboxylic acids is 1. The number of para-hydroxylation sites is 1. The molecule has 2 aromatic carbocycles. The van der Waals surface area contributed by atoms with E-state index in [1.165, 1.54) is 0 Å². The van der Waals surface area contributed by atoms with Gasteiger partial charge in [-0.15, -0.1) is 0 Å². The minimum absolute atomic E-state index is 0.0861. The molecule has 0 spiro atoms. The van der Waals surface area contributed by atoms with Crippen molar-refractivity contribution in [2.45, 2.75) is 19.8 Å². The molecule has 1 atom stereocenters. The fourth-order valence-electron chi connectivity index (χ4n) is 3.80. The summed E-state index contributed by atoms with van der Waals surface area (Å²) in [6.45, 7) is 2.64. The molecule has 4 heteroatoms. The molecule has 2 N–H and O–H groups in total. The molecule has 0 saturated carbocycles. The second-order valence-electron chi connectivity index (χ2n) is 7.46. The Morgan fingerprint density at radius 3 is 2.59 bits per heavy atom. The largest absolute Gasteiger partial charge is 0.505 e. The van der Waals surface area contributed by atoms with E-state index in [0.717, 1.165) is 18.4 Å². The summed E-state index contributed by atoms with van der Waals surface area (Å²) in [5.74, 6) is -0.369. The van der Waals surface area contributed by atoms with Crippen molar-refractivity contribution in [3.63, 3.8) is 0 Å². The third-order valence-corrected chi connectivity index (χ3v) is 5.67. The Bertz CT molecular complexity index is 1100. The topological polar surface area (TPSA) is 62.2 Å². The van der Waals surface area contributed by atoms with Crippen LogP contribution in [0.25, 0.3) is 22.2 Å². The Morgan fingerprint density at radius 2 is 1.86 bits per heavy atom. The van der Waals surface area contributed by atoms with Gasteiger partial charge >= 0.3 is 0 Å². The van der Waals surface area contributed by atoms with Crippen molar-refractivity contribution in [2.75, 3.05) is 6.54 Å². The molecule has 1 aliphatic rings. The number of hydrogen-bond donors (Lipinski definition) is 2. The summed E-state index contributed by atoms with van der Waals surface area (Å²) in [7, 11) is 0. The quantitative estimate of drug-likeness (QED) is 0.631. The predicted octanol–water partition coefficient (Wildman–Crippen LogP) is 5.25. The first kappa shape index (κ1) is 18.9. The lowest BCUT2D eigenvalue weighted by molar-refractivity contribution is 0.0937. The first-order valence-electron chi connectivity index (χ1n) is 9.93. The first-order valence-corrected chi connectivity index (χ1v) is 9.93. The van der Waals surface area contributed by atoms with Crippen molar-refractivity contribution < 1.29 is 9.90 Å². The Hall–Kier alpha value is -3.40. The van der Waals surface area contributed by atoms with Gasteiger partial charge in [-0.05, 0) is 18.9 Å². The van der Waals surface area contributed by atoms with Crippen molar-refractivity contribution in [2.24, 2.45) is 5.41 Å². The third kappa shape index (κ3) is 3.66. The minimum Gasteiger partial charge on any atom is -0.505 e. The van der Waals surface area contributed by atoms with Gasteiger partial charge in [0.25, 0.3) is 5.91 Å². The molecule has 3 aromatic rings. The lowest BCUT2D eigenvalue weighted by Gasteiger charge is -2.30. The van der Waals surface area contributed by atoms with Gasteiger partial charge in [0, 0.05) is 22.9 Å². The summed E-state index contributed by atoms with van der Waals surface area (Å²) < 4.78 is 0. The normalized spacial score (nSPS) is 18.1. The van der Waals surface area contributed by atoms with Gasteiger partial charge in [-0.25, -0.2) is 4.98 Å². The van der Waals surface area contributed by atoms with Gasteiger partial charge < -0.3 is 10.4 Å². The smallest absolute Gasteiger partial charge is 0.255 e. The number of amides is 1. The van der Waals surface area contributed by atoms with Gasteiger partial charge in [0.1, 0.15) is 5.69 Å². The molecule has 0 saturated heterocycles. The van der Waals surface area contributed by atoms with Gasteiger partial charge in [0.05, 0.1) is 11.1 Å². The summed E-state index contributed by atoms with van der Waals surface area (Å²) in [4.78, 5) is 17.8. The Labute approximate surface area is 170 Å². The molecule has 0 radical (unpaired) electrons. The summed E-state index contributed by atoms with van der Waals surface area (Å²) >= 11 is 0. The Kier molecular flexibility index (Phi) is 5.17. The fourth-order valence-corrected chi connectivity index (χ4v) is 3.80. The van der Waals surface area contributed by atoms with Gasteiger partial charge in [0.2, 0.25) is 0 Å². The van der Waals surface area contributed by atoms with E-state index in [0.29, 0.717) is 23.1 Å². The maximum Gasteiger partial charge on any atom is 0.255 e. The highest BCUT2D eigenvalue weighted by atomic mass is 16.3. The number of rotatable bonds is 5. The number of fused-ring (bicyclic) bond motifs is 1. The van der Waals surface area contributed by atoms with E-state index < -0.39 is 0 Å². The lowest BCUT2D eigenvalue weighted by atomic mass is 9.79. The molecular weight excluding hydrogens is 360 g/mol. The first-order chi connectivity index (χ1) is 14.1. The van der Waals surface area contributed by atoms with Crippen LogP contribution in [0.2, 0.25) is 0 Å². The summed E-state index contributed by atoms with van der Waals surface area (Å²) in [6, 6.07) is 16.9. The van der Waals surface area contributed by atoms with Crippen LogP contribution in [-0.4, -0.2) is 22.5 Å². The molecule has 4 rings (SSSR count). The molecule has 0 unspecified atom stereocenters. The highest BCUT2D eigenvalue weighted by Gasteiger charge is 2.27. The predicted molar refractivity (Wildman–Crippen MR) is 117 cm³/mol. The summed E-state index contributed by atoms with van der Waals surface area (Å²) in [6.07, 6.45) is 10.2. The highest BCUT2D eigenvalue weighted by molar-refractivity contribution is 6.10. The van der Waals surface area contributed by atoms with Gasteiger partial charge in [-0.3, -0.25) is 4.79 Å². The van der Waals surface area contributed by atoms with Crippen molar-refractivity contribution in [1.29, 1.82) is 0 Å². The zero-order valence-electron chi connectivity index (χ0n) is 16.4. The van der Waals surface area contributed by atoms with Gasteiger partial charge in [-0.1, -0.05) is 79.8 Å². The van der Waals surface area contributed by atoms with E-state index in [9.17, 15) is 9.90 Å². The van der Waals surface area contributed by atoms with Crippen LogP contribution < -0.4 is 5.32 Å². The standard InChI is InChI=1S/C25H24N2O2/c1-2-25(15-9-4-10-16-25)17-26-24(29)21-19-13-7-8-14-20(19)27-22(23(21)28)18-11-5-3-6-12-18/h3-15,28H,2,16-17H2,1H3,(H,26,29)/t25-/m1/s1. The molecule has 1 amide bonds. The van der Waals surface area contributed by atoms with E-state index in [2.05, 4.69) is 29.4 Å². The average Bonchev–Trinajstić information content (AvgIpc) is 2.78. The second-order valence-corrected chi connectivity index (χ2v) is 7.46. The molecule has 1 aliphatic carbocycles. The lowest BCUT2D eigenvalue weighted by Crippen LogP contribution is -2.36. The van der Waals surface area contributed by atoms with Crippen LogP contribution in [0.5, 0.6) is 5.75 Å². The zero-order chi connectivity index (χ0) is 20.3. The van der Waals surface area contributed by atoms with E-state index >= 15 is 0 Å². The van der Waals surface area contributed by atoms with E-state index in [4.69, 9.17) is 0 Å². The van der Waals surface area contributed by atoms with Crippen molar-refractivity contribution in [1.82, 2.24) is 10.3 Å². The molecule has 1 heterocycles. The van der Waals surface area contributed by atoms with Crippen LogP contribution in [0, 0.1) is 5.41 Å².